The standard InChI is InChI=1S/C27H29NO10/c1-14(29)34-13-26(4,37-16(3)31)18-9-19-24(32)23-21(38-27(19,5)22(10-18)35-15(2)30)11-20(36-25(23)33)17-7-6-8-28-12-17/h6-8,11-12,18-19,22H,9-10,13H2,1-5H3/t18-,19+,22-,26?,27-/m0/s1. The van der Waals surface area contributed by atoms with Crippen LogP contribution < -0.4 is 10.4 Å². The molecule has 11 nitrogen and oxygen atoms in total. The Morgan fingerprint density at radius 3 is 2.47 bits per heavy atom. The lowest BCUT2D eigenvalue weighted by molar-refractivity contribution is -0.198. The van der Waals surface area contributed by atoms with Gasteiger partial charge in [0.25, 0.3) is 0 Å². The Kier molecular flexibility index (Phi) is 7.14. The fourth-order valence-corrected chi connectivity index (χ4v) is 5.34. The molecule has 0 spiro atoms. The van der Waals surface area contributed by atoms with Crippen LogP contribution in [0.15, 0.2) is 39.8 Å². The Bertz CT molecular complexity index is 1340. The van der Waals surface area contributed by atoms with Crippen LogP contribution in [0.2, 0.25) is 0 Å². The second-order valence-corrected chi connectivity index (χ2v) is 10.0. The molecule has 2 aromatic heterocycles. The van der Waals surface area contributed by atoms with Gasteiger partial charge >= 0.3 is 23.5 Å². The fourth-order valence-electron chi connectivity index (χ4n) is 5.34. The summed E-state index contributed by atoms with van der Waals surface area (Å²) in [6.07, 6.45) is 2.35. The van der Waals surface area contributed by atoms with Crippen molar-refractivity contribution in [3.05, 3.63) is 46.6 Å². The molecule has 0 aromatic carbocycles. The number of hydrogen-bond donors (Lipinski definition) is 0. The van der Waals surface area contributed by atoms with Crippen LogP contribution in [0, 0.1) is 11.8 Å². The van der Waals surface area contributed by atoms with Crippen molar-refractivity contribution >= 4 is 23.7 Å². The van der Waals surface area contributed by atoms with Gasteiger partial charge < -0.3 is 23.4 Å². The zero-order valence-electron chi connectivity index (χ0n) is 21.8. The van der Waals surface area contributed by atoms with Crippen LogP contribution in [0.4, 0.5) is 0 Å². The van der Waals surface area contributed by atoms with Gasteiger partial charge in [-0.05, 0) is 38.8 Å². The van der Waals surface area contributed by atoms with E-state index in [0.717, 1.165) is 0 Å². The molecule has 0 saturated heterocycles. The summed E-state index contributed by atoms with van der Waals surface area (Å²) in [5, 5.41) is 0. The van der Waals surface area contributed by atoms with Crippen LogP contribution in [0.25, 0.3) is 11.3 Å². The summed E-state index contributed by atoms with van der Waals surface area (Å²) in [5.41, 5.74) is -3.30. The largest absolute Gasteiger partial charge is 0.482 e. The molecular formula is C27H29NO10. The first-order chi connectivity index (χ1) is 17.8. The second-order valence-electron chi connectivity index (χ2n) is 10.0. The maximum Gasteiger partial charge on any atom is 0.351 e. The number of Topliss-reactive ketones (excluding diaryl/α,β-unsaturated/α-hetero) is 1. The van der Waals surface area contributed by atoms with Crippen molar-refractivity contribution in [2.75, 3.05) is 6.61 Å². The third-order valence-corrected chi connectivity index (χ3v) is 7.21. The van der Waals surface area contributed by atoms with Crippen molar-refractivity contribution in [2.24, 2.45) is 11.8 Å². The van der Waals surface area contributed by atoms with Crippen molar-refractivity contribution in [3.63, 3.8) is 0 Å². The molecule has 2 aliphatic rings. The topological polar surface area (TPSA) is 148 Å². The number of carbonyl (C=O) groups excluding carboxylic acids is 4. The SMILES string of the molecule is CC(=O)OCC(C)(OC(C)=O)[C@@H]1C[C@H](OC(C)=O)[C@@]2(C)Oc3cc(-c4cccnc4)oc(=O)c3C(=O)[C@H]2C1. The van der Waals surface area contributed by atoms with E-state index in [-0.39, 0.29) is 36.5 Å². The van der Waals surface area contributed by atoms with Gasteiger partial charge in [0.15, 0.2) is 11.4 Å². The molecule has 0 radical (unpaired) electrons. The van der Waals surface area contributed by atoms with E-state index in [2.05, 4.69) is 4.98 Å². The van der Waals surface area contributed by atoms with Gasteiger partial charge in [0.2, 0.25) is 0 Å². The van der Waals surface area contributed by atoms with Gasteiger partial charge in [0.05, 0.1) is 5.92 Å². The molecule has 0 bridgehead atoms. The minimum atomic E-state index is -1.34. The minimum absolute atomic E-state index is 0.0158. The number of aromatic nitrogens is 1. The number of hydrogen-bond acceptors (Lipinski definition) is 11. The maximum absolute atomic E-state index is 13.8. The molecule has 1 unspecified atom stereocenters. The number of ketones is 1. The van der Waals surface area contributed by atoms with Crippen molar-refractivity contribution in [3.8, 4) is 17.1 Å². The molecule has 3 heterocycles. The highest BCUT2D eigenvalue weighted by Crippen LogP contribution is 2.50. The molecule has 4 rings (SSSR count). The van der Waals surface area contributed by atoms with Gasteiger partial charge in [-0.2, -0.15) is 0 Å². The molecule has 202 valence electrons. The number of ether oxygens (including phenoxy) is 4. The van der Waals surface area contributed by atoms with E-state index in [9.17, 15) is 24.0 Å². The lowest BCUT2D eigenvalue weighted by Crippen LogP contribution is -2.64. The smallest absolute Gasteiger partial charge is 0.351 e. The molecule has 0 N–H and O–H groups in total. The zero-order valence-corrected chi connectivity index (χ0v) is 21.8. The molecule has 1 fully saturated rings. The average molecular weight is 528 g/mol. The van der Waals surface area contributed by atoms with Crippen molar-refractivity contribution < 1.29 is 42.5 Å². The van der Waals surface area contributed by atoms with Crippen molar-refractivity contribution in [2.45, 2.75) is 64.8 Å². The summed E-state index contributed by atoms with van der Waals surface area (Å²) >= 11 is 0. The molecule has 38 heavy (non-hydrogen) atoms. The van der Waals surface area contributed by atoms with Crippen LogP contribution in [0.5, 0.6) is 5.75 Å². The van der Waals surface area contributed by atoms with Gasteiger partial charge in [0, 0.05) is 50.7 Å². The lowest BCUT2D eigenvalue weighted by Gasteiger charge is -2.52. The summed E-state index contributed by atoms with van der Waals surface area (Å²) < 4.78 is 28.2. The third kappa shape index (κ3) is 5.05. The first-order valence-electron chi connectivity index (χ1n) is 12.2. The first-order valence-corrected chi connectivity index (χ1v) is 12.2. The zero-order chi connectivity index (χ0) is 27.8. The Labute approximate surface area is 218 Å². The molecule has 11 heteroatoms. The maximum atomic E-state index is 13.8. The quantitative estimate of drug-likeness (QED) is 0.403. The van der Waals surface area contributed by atoms with Crippen molar-refractivity contribution in [1.29, 1.82) is 0 Å². The molecule has 5 atom stereocenters. The summed E-state index contributed by atoms with van der Waals surface area (Å²) in [6, 6.07) is 4.82. The molecule has 1 saturated carbocycles. The number of esters is 3. The van der Waals surface area contributed by atoms with E-state index in [4.69, 9.17) is 23.4 Å². The van der Waals surface area contributed by atoms with Gasteiger partial charge in [-0.25, -0.2) is 4.79 Å². The van der Waals surface area contributed by atoms with Gasteiger partial charge in [0.1, 0.15) is 35.4 Å². The number of nitrogens with zero attached hydrogens (tertiary/aromatic N) is 1. The van der Waals surface area contributed by atoms with Crippen LogP contribution >= 0.6 is 0 Å². The Balaban J connectivity index is 1.79. The molecular weight excluding hydrogens is 498 g/mol. The Hall–Kier alpha value is -4.02. The van der Waals surface area contributed by atoms with E-state index in [0.29, 0.717) is 5.56 Å². The minimum Gasteiger partial charge on any atom is -0.482 e. The monoisotopic (exact) mass is 527 g/mol. The fraction of sp³-hybridized carbons (Fsp3) is 0.481. The number of carbonyl (C=O) groups is 4. The molecule has 0 amide bonds. The van der Waals surface area contributed by atoms with E-state index in [1.54, 1.807) is 32.2 Å². The first kappa shape index (κ1) is 27.0. The van der Waals surface area contributed by atoms with Crippen LogP contribution in [-0.2, 0) is 28.6 Å². The van der Waals surface area contributed by atoms with Crippen LogP contribution in [-0.4, -0.2) is 52.6 Å². The van der Waals surface area contributed by atoms with Crippen molar-refractivity contribution in [1.82, 2.24) is 4.98 Å². The van der Waals surface area contributed by atoms with Gasteiger partial charge in [-0.1, -0.05) is 0 Å². The Morgan fingerprint density at radius 2 is 1.87 bits per heavy atom. The van der Waals surface area contributed by atoms with Crippen LogP contribution in [0.1, 0.15) is 57.8 Å². The highest BCUT2D eigenvalue weighted by Gasteiger charge is 2.60. The van der Waals surface area contributed by atoms with E-state index in [1.165, 1.54) is 33.0 Å². The van der Waals surface area contributed by atoms with E-state index < -0.39 is 58.5 Å². The number of fused-ring (bicyclic) bond motifs is 2. The predicted molar refractivity (Wildman–Crippen MR) is 130 cm³/mol. The highest BCUT2D eigenvalue weighted by atomic mass is 16.6. The van der Waals surface area contributed by atoms with Gasteiger partial charge in [-0.15, -0.1) is 0 Å². The van der Waals surface area contributed by atoms with Gasteiger partial charge in [-0.3, -0.25) is 24.2 Å². The van der Waals surface area contributed by atoms with E-state index in [1.807, 2.05) is 0 Å². The summed E-state index contributed by atoms with van der Waals surface area (Å²) in [5.74, 6) is -3.71. The number of pyridine rings is 1. The van der Waals surface area contributed by atoms with Crippen LogP contribution in [0.3, 0.4) is 0 Å². The Morgan fingerprint density at radius 1 is 1.13 bits per heavy atom. The molecule has 2 aromatic rings. The summed E-state index contributed by atoms with van der Waals surface area (Å²) in [4.78, 5) is 66.5. The predicted octanol–water partition coefficient (Wildman–Crippen LogP) is 2.88. The molecule has 1 aliphatic heterocycles. The third-order valence-electron chi connectivity index (χ3n) is 7.21. The lowest BCUT2D eigenvalue weighted by atomic mass is 9.62. The average Bonchev–Trinajstić information content (AvgIpc) is 2.83. The van der Waals surface area contributed by atoms with E-state index >= 15 is 0 Å². The molecule has 1 aliphatic carbocycles. The second kappa shape index (κ2) is 10.0. The summed E-state index contributed by atoms with van der Waals surface area (Å²) in [6.45, 7) is 6.65. The number of rotatable bonds is 6. The summed E-state index contributed by atoms with van der Waals surface area (Å²) in [7, 11) is 0. The highest BCUT2D eigenvalue weighted by molar-refractivity contribution is 6.02. The normalized spacial score (nSPS) is 25.6.